The highest BCUT2D eigenvalue weighted by Gasteiger charge is 2.16. The molecular weight excluding hydrogens is 697 g/mol. The van der Waals surface area contributed by atoms with Gasteiger partial charge in [-0.25, -0.2) is 19.9 Å². The third kappa shape index (κ3) is 5.35. The van der Waals surface area contributed by atoms with E-state index < -0.39 is 0 Å². The fraction of sp³-hybridized carbons (Fsp3) is 0. The summed E-state index contributed by atoms with van der Waals surface area (Å²) in [7, 11) is 0. The molecule has 3 aromatic heterocycles. The molecule has 0 amide bonds. The summed E-state index contributed by atoms with van der Waals surface area (Å²) in [5.74, 6) is 1.96. The number of rotatable bonds is 5. The number of nitrogens with zero attached hydrogens (tertiary/aromatic N) is 4. The summed E-state index contributed by atoms with van der Waals surface area (Å²) >= 11 is 3.59. The van der Waals surface area contributed by atoms with Crippen LogP contribution in [-0.4, -0.2) is 19.9 Å². The minimum Gasteiger partial charge on any atom is -0.236 e. The highest BCUT2D eigenvalue weighted by Crippen LogP contribution is 2.42. The minimum absolute atomic E-state index is 0.648. The first kappa shape index (κ1) is 31.0. The first-order valence-corrected chi connectivity index (χ1v) is 19.5. The van der Waals surface area contributed by atoms with Crippen molar-refractivity contribution in [1.29, 1.82) is 0 Å². The Morgan fingerprint density at radius 1 is 0.315 bits per heavy atom. The van der Waals surface area contributed by atoms with Crippen LogP contribution in [0.25, 0.3) is 108 Å². The van der Waals surface area contributed by atoms with Gasteiger partial charge in [0.15, 0.2) is 17.5 Å². The second-order valence-corrected chi connectivity index (χ2v) is 15.6. The van der Waals surface area contributed by atoms with Crippen molar-refractivity contribution in [3.8, 4) is 55.9 Å². The molecule has 0 saturated carbocycles. The molecule has 0 saturated heterocycles. The molecule has 0 radical (unpaired) electrons. The van der Waals surface area contributed by atoms with Crippen LogP contribution in [0.2, 0.25) is 0 Å². The molecule has 0 atom stereocenters. The van der Waals surface area contributed by atoms with E-state index in [1.54, 1.807) is 11.3 Å². The van der Waals surface area contributed by atoms with Crippen LogP contribution in [0.3, 0.4) is 0 Å². The first-order chi connectivity index (χ1) is 26.7. The van der Waals surface area contributed by atoms with Crippen LogP contribution >= 0.6 is 22.7 Å². The van der Waals surface area contributed by atoms with Crippen molar-refractivity contribution in [3.63, 3.8) is 0 Å². The Labute approximate surface area is 318 Å². The number of hydrogen-bond donors (Lipinski definition) is 0. The fourth-order valence-corrected chi connectivity index (χ4v) is 9.52. The van der Waals surface area contributed by atoms with Gasteiger partial charge in [-0.05, 0) is 69.1 Å². The van der Waals surface area contributed by atoms with E-state index in [-0.39, 0.29) is 0 Å². The van der Waals surface area contributed by atoms with Crippen molar-refractivity contribution < 1.29 is 0 Å². The number of hydrogen-bond acceptors (Lipinski definition) is 6. The molecule has 0 N–H and O–H groups in total. The van der Waals surface area contributed by atoms with Gasteiger partial charge in [0.2, 0.25) is 0 Å². The van der Waals surface area contributed by atoms with Crippen LogP contribution in [0.15, 0.2) is 170 Å². The van der Waals surface area contributed by atoms with Crippen LogP contribution < -0.4 is 0 Å². The van der Waals surface area contributed by atoms with Crippen molar-refractivity contribution in [2.45, 2.75) is 0 Å². The lowest BCUT2D eigenvalue weighted by atomic mass is 9.96. The van der Waals surface area contributed by atoms with E-state index in [0.717, 1.165) is 43.6 Å². The monoisotopic (exact) mass is 724 g/mol. The van der Waals surface area contributed by atoms with Gasteiger partial charge in [0.1, 0.15) is 5.01 Å². The Morgan fingerprint density at radius 3 is 1.74 bits per heavy atom. The van der Waals surface area contributed by atoms with Crippen molar-refractivity contribution in [3.05, 3.63) is 170 Å². The molecule has 0 bridgehead atoms. The smallest absolute Gasteiger partial charge is 0.164 e. The molecule has 3 heterocycles. The molecule has 0 aliphatic heterocycles. The maximum absolute atomic E-state index is 5.07. The lowest BCUT2D eigenvalue weighted by Gasteiger charge is -2.11. The quantitative estimate of drug-likeness (QED) is 0.177. The molecule has 0 fully saturated rings. The average Bonchev–Trinajstić information content (AvgIpc) is 3.83. The SMILES string of the molecule is c1ccc(-c2nc(-c3ccc4ccccc4c3)nc(-c3ccc4c(-c5ccc6sc7cc8nc(-c9ccccc9)sc8cc7c6c5)cccc4c3)n2)cc1. The Bertz CT molecular complexity index is 3220. The summed E-state index contributed by atoms with van der Waals surface area (Å²) in [6.07, 6.45) is 0. The Kier molecular flexibility index (Phi) is 7.18. The predicted octanol–water partition coefficient (Wildman–Crippen LogP) is 13.5. The van der Waals surface area contributed by atoms with Gasteiger partial charge in [-0.3, -0.25) is 0 Å². The number of fused-ring (bicyclic) bond motifs is 6. The van der Waals surface area contributed by atoms with E-state index in [2.05, 4.69) is 133 Å². The molecule has 0 spiro atoms. The molecule has 54 heavy (non-hydrogen) atoms. The maximum atomic E-state index is 5.07. The van der Waals surface area contributed by atoms with E-state index in [1.165, 1.54) is 46.8 Å². The average molecular weight is 725 g/mol. The summed E-state index contributed by atoms with van der Waals surface area (Å²) in [4.78, 5) is 20.1. The summed E-state index contributed by atoms with van der Waals surface area (Å²) in [6, 6.07) is 59.9. The van der Waals surface area contributed by atoms with Gasteiger partial charge in [-0.2, -0.15) is 0 Å². The zero-order valence-electron chi connectivity index (χ0n) is 28.8. The van der Waals surface area contributed by atoms with Crippen LogP contribution in [0, 0.1) is 0 Å². The van der Waals surface area contributed by atoms with Crippen molar-refractivity contribution in [2.75, 3.05) is 0 Å². The lowest BCUT2D eigenvalue weighted by Crippen LogP contribution is -2.00. The molecule has 6 heteroatoms. The molecule has 0 aliphatic rings. The molecule has 0 unspecified atom stereocenters. The van der Waals surface area contributed by atoms with Crippen LogP contribution in [0.1, 0.15) is 0 Å². The molecule has 8 aromatic carbocycles. The van der Waals surface area contributed by atoms with Crippen LogP contribution in [0.5, 0.6) is 0 Å². The van der Waals surface area contributed by atoms with Crippen molar-refractivity contribution in [2.24, 2.45) is 0 Å². The molecule has 252 valence electrons. The number of thiophene rings is 1. The normalized spacial score (nSPS) is 11.7. The van der Waals surface area contributed by atoms with E-state index in [0.29, 0.717) is 17.5 Å². The van der Waals surface area contributed by atoms with Gasteiger partial charge in [0.25, 0.3) is 0 Å². The highest BCUT2D eigenvalue weighted by molar-refractivity contribution is 7.26. The second-order valence-electron chi connectivity index (χ2n) is 13.5. The third-order valence-corrected chi connectivity index (χ3v) is 12.3. The predicted molar refractivity (Wildman–Crippen MR) is 228 cm³/mol. The Hall–Kier alpha value is -6.60. The summed E-state index contributed by atoms with van der Waals surface area (Å²) in [5.41, 5.74) is 7.47. The maximum Gasteiger partial charge on any atom is 0.164 e. The summed E-state index contributed by atoms with van der Waals surface area (Å²) < 4.78 is 3.75. The lowest BCUT2D eigenvalue weighted by molar-refractivity contribution is 1.08. The van der Waals surface area contributed by atoms with Gasteiger partial charge < -0.3 is 0 Å². The molecule has 0 aliphatic carbocycles. The van der Waals surface area contributed by atoms with E-state index in [4.69, 9.17) is 19.9 Å². The Balaban J connectivity index is 1.01. The summed E-state index contributed by atoms with van der Waals surface area (Å²) in [6.45, 7) is 0. The molecule has 11 aromatic rings. The van der Waals surface area contributed by atoms with Crippen LogP contribution in [0.4, 0.5) is 0 Å². The number of benzene rings is 8. The van der Waals surface area contributed by atoms with Gasteiger partial charge in [0.05, 0.1) is 10.2 Å². The van der Waals surface area contributed by atoms with Gasteiger partial charge in [-0.1, -0.05) is 133 Å². The highest BCUT2D eigenvalue weighted by atomic mass is 32.1. The number of thiazole rings is 1. The molecule has 4 nitrogen and oxygen atoms in total. The van der Waals surface area contributed by atoms with E-state index in [1.807, 2.05) is 47.7 Å². The zero-order valence-corrected chi connectivity index (χ0v) is 30.4. The first-order valence-electron chi connectivity index (χ1n) is 17.9. The Morgan fingerprint density at radius 2 is 0.944 bits per heavy atom. The fourth-order valence-electron chi connectivity index (χ4n) is 7.42. The van der Waals surface area contributed by atoms with Gasteiger partial charge >= 0.3 is 0 Å². The minimum atomic E-state index is 0.648. The third-order valence-electron chi connectivity index (χ3n) is 10.1. The van der Waals surface area contributed by atoms with Crippen LogP contribution in [-0.2, 0) is 0 Å². The molecular formula is C48H28N4S2. The van der Waals surface area contributed by atoms with Gasteiger partial charge in [0, 0.05) is 42.4 Å². The standard InChI is InChI=1S/C48H28N4S2/c1-3-11-30(12-4-1)45-50-46(35-19-18-29-10-7-8-15-32(29)24-35)52-47(51-45)36-20-22-38-33(25-36)16-9-17-37(38)34-21-23-42-39(26-34)40-27-44-41(28-43(40)53-42)49-48(54-44)31-13-5-2-6-14-31/h1-28H. The van der Waals surface area contributed by atoms with E-state index in [9.17, 15) is 0 Å². The van der Waals surface area contributed by atoms with E-state index >= 15 is 0 Å². The van der Waals surface area contributed by atoms with Gasteiger partial charge in [-0.15, -0.1) is 22.7 Å². The topological polar surface area (TPSA) is 51.6 Å². The largest absolute Gasteiger partial charge is 0.236 e. The number of aromatic nitrogens is 4. The summed E-state index contributed by atoms with van der Waals surface area (Å²) in [5, 5.41) is 8.27. The zero-order chi connectivity index (χ0) is 35.6. The van der Waals surface area contributed by atoms with Crippen molar-refractivity contribution >= 4 is 74.6 Å². The van der Waals surface area contributed by atoms with Crippen molar-refractivity contribution in [1.82, 2.24) is 19.9 Å². The molecule has 11 rings (SSSR count). The second kappa shape index (κ2) is 12.5.